The Morgan fingerprint density at radius 3 is 2.82 bits per heavy atom. The second-order valence-electron chi connectivity index (χ2n) is 9.35. The van der Waals surface area contributed by atoms with E-state index in [4.69, 9.17) is 14.5 Å². The maximum absolute atomic E-state index is 13.2. The number of anilines is 1. The van der Waals surface area contributed by atoms with Crippen LogP contribution in [0.2, 0.25) is 0 Å². The fourth-order valence-electron chi connectivity index (χ4n) is 4.65. The SMILES string of the molecule is COc1ccc(C(=O)N[C@@H]2CC(=O)NC/C=C(/Nc3nc4c(s3)CN(C)CC4)c3cccc2c3)cc1OC. The minimum atomic E-state index is -0.516. The average Bonchev–Trinajstić information content (AvgIpc) is 3.32. The maximum Gasteiger partial charge on any atom is 0.251 e. The number of methoxy groups -OCH3 is 2. The van der Waals surface area contributed by atoms with E-state index in [1.165, 1.54) is 12.0 Å². The molecule has 3 heterocycles. The number of thiazole rings is 1. The van der Waals surface area contributed by atoms with Gasteiger partial charge in [0.2, 0.25) is 5.91 Å². The minimum absolute atomic E-state index is 0.117. The molecule has 0 spiro atoms. The predicted octanol–water partition coefficient (Wildman–Crippen LogP) is 3.59. The molecule has 1 aromatic heterocycles. The van der Waals surface area contributed by atoms with Gasteiger partial charge in [-0.15, -0.1) is 11.3 Å². The van der Waals surface area contributed by atoms with Crippen LogP contribution in [-0.4, -0.2) is 56.1 Å². The van der Waals surface area contributed by atoms with Gasteiger partial charge in [-0.3, -0.25) is 9.59 Å². The number of fused-ring (bicyclic) bond motifs is 3. The summed E-state index contributed by atoms with van der Waals surface area (Å²) in [5.74, 6) is 0.536. The number of likely N-dealkylation sites (N-methyl/N-ethyl adjacent to an activating group) is 1. The highest BCUT2D eigenvalue weighted by Gasteiger charge is 2.23. The van der Waals surface area contributed by atoms with Crippen LogP contribution in [0.1, 0.15) is 44.5 Å². The molecule has 3 aromatic rings. The number of nitrogens with one attached hydrogen (secondary N) is 3. The van der Waals surface area contributed by atoms with E-state index in [1.54, 1.807) is 36.6 Å². The highest BCUT2D eigenvalue weighted by Crippen LogP contribution is 2.32. The second-order valence-corrected chi connectivity index (χ2v) is 10.4. The van der Waals surface area contributed by atoms with Gasteiger partial charge in [0.15, 0.2) is 16.6 Å². The van der Waals surface area contributed by atoms with Gasteiger partial charge in [0.1, 0.15) is 0 Å². The number of hydrogen-bond acceptors (Lipinski definition) is 8. The lowest BCUT2D eigenvalue weighted by atomic mass is 9.98. The van der Waals surface area contributed by atoms with Crippen LogP contribution in [-0.2, 0) is 17.8 Å². The van der Waals surface area contributed by atoms with E-state index in [0.717, 1.165) is 47.2 Å². The molecular weight excluding hydrogens is 502 g/mol. The van der Waals surface area contributed by atoms with Gasteiger partial charge in [-0.05, 0) is 48.5 Å². The van der Waals surface area contributed by atoms with Crippen molar-refractivity contribution in [1.82, 2.24) is 20.5 Å². The number of ether oxygens (including phenoxy) is 2. The summed E-state index contributed by atoms with van der Waals surface area (Å²) < 4.78 is 10.6. The van der Waals surface area contributed by atoms with Crippen LogP contribution >= 0.6 is 11.3 Å². The van der Waals surface area contributed by atoms with Gasteiger partial charge in [-0.2, -0.15) is 0 Å². The molecule has 198 valence electrons. The first-order valence-corrected chi connectivity index (χ1v) is 13.3. The van der Waals surface area contributed by atoms with E-state index in [0.29, 0.717) is 23.6 Å². The van der Waals surface area contributed by atoms with Gasteiger partial charge >= 0.3 is 0 Å². The van der Waals surface area contributed by atoms with Crippen molar-refractivity contribution in [2.45, 2.75) is 25.4 Å². The van der Waals surface area contributed by atoms with Crippen molar-refractivity contribution in [2.75, 3.05) is 39.7 Å². The van der Waals surface area contributed by atoms with Crippen LogP contribution in [0, 0.1) is 0 Å². The molecular formula is C28H31N5O4S. The lowest BCUT2D eigenvalue weighted by Crippen LogP contribution is -2.34. The number of carbonyl (C=O) groups is 2. The smallest absolute Gasteiger partial charge is 0.251 e. The molecule has 10 heteroatoms. The van der Waals surface area contributed by atoms with E-state index in [-0.39, 0.29) is 18.2 Å². The van der Waals surface area contributed by atoms with Crippen molar-refractivity contribution in [1.29, 1.82) is 0 Å². The Kier molecular flexibility index (Phi) is 7.62. The summed E-state index contributed by atoms with van der Waals surface area (Å²) in [6.45, 7) is 2.26. The number of carbonyl (C=O) groups excluding carboxylic acids is 2. The van der Waals surface area contributed by atoms with Crippen LogP contribution in [0.3, 0.4) is 0 Å². The number of aromatic nitrogens is 1. The molecule has 0 unspecified atom stereocenters. The van der Waals surface area contributed by atoms with E-state index in [2.05, 4.69) is 27.9 Å². The fraction of sp³-hybridized carbons (Fsp3) is 0.321. The summed E-state index contributed by atoms with van der Waals surface area (Å²) in [5.41, 5.74) is 4.21. The van der Waals surface area contributed by atoms with Gasteiger partial charge in [0.25, 0.3) is 5.91 Å². The second kappa shape index (κ2) is 11.2. The Bertz CT molecular complexity index is 1390. The van der Waals surface area contributed by atoms with Crippen LogP contribution in [0.25, 0.3) is 5.70 Å². The Balaban J connectivity index is 1.40. The van der Waals surface area contributed by atoms with Gasteiger partial charge in [0, 0.05) is 42.2 Å². The Hall–Kier alpha value is -3.89. The molecule has 0 aliphatic carbocycles. The summed E-state index contributed by atoms with van der Waals surface area (Å²) in [6.07, 6.45) is 3.02. The van der Waals surface area contributed by atoms with Crippen molar-refractivity contribution in [2.24, 2.45) is 0 Å². The maximum atomic E-state index is 13.2. The first-order chi connectivity index (χ1) is 18.4. The summed E-state index contributed by atoms with van der Waals surface area (Å²) in [7, 11) is 5.19. The molecule has 3 N–H and O–H groups in total. The average molecular weight is 534 g/mol. The van der Waals surface area contributed by atoms with Gasteiger partial charge < -0.3 is 30.3 Å². The van der Waals surface area contributed by atoms with Gasteiger partial charge in [-0.1, -0.05) is 18.2 Å². The third-order valence-electron chi connectivity index (χ3n) is 6.71. The largest absolute Gasteiger partial charge is 0.493 e. The first-order valence-electron chi connectivity index (χ1n) is 12.5. The molecule has 0 saturated carbocycles. The zero-order valence-corrected chi connectivity index (χ0v) is 22.5. The monoisotopic (exact) mass is 533 g/mol. The lowest BCUT2D eigenvalue weighted by Gasteiger charge is -2.22. The van der Waals surface area contributed by atoms with Crippen LogP contribution in [0.15, 0.2) is 48.5 Å². The van der Waals surface area contributed by atoms with Crippen molar-refractivity contribution < 1.29 is 19.1 Å². The number of hydrogen-bond donors (Lipinski definition) is 3. The molecule has 2 bridgehead atoms. The molecule has 2 aliphatic heterocycles. The van der Waals surface area contributed by atoms with E-state index < -0.39 is 6.04 Å². The predicted molar refractivity (Wildman–Crippen MR) is 148 cm³/mol. The van der Waals surface area contributed by atoms with Crippen molar-refractivity contribution >= 4 is 34.0 Å². The van der Waals surface area contributed by atoms with E-state index >= 15 is 0 Å². The van der Waals surface area contributed by atoms with Gasteiger partial charge in [0.05, 0.1) is 32.4 Å². The van der Waals surface area contributed by atoms with Gasteiger partial charge in [-0.25, -0.2) is 4.98 Å². The quantitative estimate of drug-likeness (QED) is 0.445. The molecule has 1 atom stereocenters. The minimum Gasteiger partial charge on any atom is -0.493 e. The molecule has 38 heavy (non-hydrogen) atoms. The Labute approximate surface area is 225 Å². The number of benzene rings is 2. The van der Waals surface area contributed by atoms with Crippen molar-refractivity contribution in [3.63, 3.8) is 0 Å². The van der Waals surface area contributed by atoms with E-state index in [1.807, 2.05) is 30.3 Å². The summed E-state index contributed by atoms with van der Waals surface area (Å²) in [5, 5.41) is 10.3. The summed E-state index contributed by atoms with van der Waals surface area (Å²) >= 11 is 1.66. The van der Waals surface area contributed by atoms with Crippen molar-refractivity contribution in [3.8, 4) is 11.5 Å². The van der Waals surface area contributed by atoms with E-state index in [9.17, 15) is 9.59 Å². The molecule has 0 radical (unpaired) electrons. The standard InChI is InChI=1S/C28H31N5O4S/c1-33-12-10-21-25(16-33)38-28(32-21)31-20-9-11-29-26(34)15-22(18-6-4-5-17(20)13-18)30-27(35)19-7-8-23(36-2)24(14-19)37-3/h4-9,13-14,22H,10-12,15-16H2,1-3H3,(H,29,34)(H,30,35)(H,31,32)/b20-9+/t22-/m1/s1. The third kappa shape index (κ3) is 5.66. The molecule has 2 aromatic carbocycles. The number of nitrogens with zero attached hydrogens (tertiary/aromatic N) is 2. The third-order valence-corrected chi connectivity index (χ3v) is 7.71. The topological polar surface area (TPSA) is 105 Å². The zero-order chi connectivity index (χ0) is 26.6. The normalized spacial score (nSPS) is 18.9. The molecule has 5 rings (SSSR count). The Morgan fingerprint density at radius 1 is 1.16 bits per heavy atom. The highest BCUT2D eigenvalue weighted by atomic mass is 32.1. The highest BCUT2D eigenvalue weighted by molar-refractivity contribution is 7.15. The number of rotatable bonds is 6. The summed E-state index contributed by atoms with van der Waals surface area (Å²) in [4.78, 5) is 34.4. The molecule has 2 amide bonds. The molecule has 0 saturated heterocycles. The lowest BCUT2D eigenvalue weighted by molar-refractivity contribution is -0.121. The summed E-state index contributed by atoms with van der Waals surface area (Å²) in [6, 6.07) is 12.4. The van der Waals surface area contributed by atoms with Crippen molar-refractivity contribution in [3.05, 3.63) is 75.8 Å². The molecule has 2 aliphatic rings. The van der Waals surface area contributed by atoms with Crippen LogP contribution in [0.4, 0.5) is 5.13 Å². The zero-order valence-electron chi connectivity index (χ0n) is 21.7. The van der Waals surface area contributed by atoms with Crippen LogP contribution in [0.5, 0.6) is 11.5 Å². The fourth-order valence-corrected chi connectivity index (χ4v) is 5.75. The molecule has 9 nitrogen and oxygen atoms in total. The first kappa shape index (κ1) is 25.7. The Morgan fingerprint density at radius 2 is 2.00 bits per heavy atom. The number of amides is 2. The molecule has 0 fully saturated rings. The van der Waals surface area contributed by atoms with Crippen LogP contribution < -0.4 is 25.4 Å².